The van der Waals surface area contributed by atoms with Crippen LogP contribution in [0.4, 0.5) is 15.0 Å². The van der Waals surface area contributed by atoms with Crippen molar-refractivity contribution in [2.75, 3.05) is 39.1 Å². The van der Waals surface area contributed by atoms with Gasteiger partial charge in [-0.2, -0.15) is 0 Å². The number of hydrogen-bond donors (Lipinski definition) is 1. The van der Waals surface area contributed by atoms with E-state index in [4.69, 9.17) is 14.2 Å². The summed E-state index contributed by atoms with van der Waals surface area (Å²) >= 11 is 0. The summed E-state index contributed by atoms with van der Waals surface area (Å²) in [4.78, 5) is 34.7. The maximum atomic E-state index is 11.5. The highest BCUT2D eigenvalue weighted by Crippen LogP contribution is 2.65. The van der Waals surface area contributed by atoms with Crippen LogP contribution < -0.4 is 10.1 Å². The molecule has 10 nitrogen and oxygen atoms in total. The van der Waals surface area contributed by atoms with E-state index in [1.807, 2.05) is 5.57 Å². The van der Waals surface area contributed by atoms with E-state index in [1.165, 1.54) is 96.8 Å². The van der Waals surface area contributed by atoms with Crippen molar-refractivity contribution in [3.05, 3.63) is 46.0 Å². The van der Waals surface area contributed by atoms with E-state index in [0.717, 1.165) is 29.6 Å². The molecule has 7 atom stereocenters. The summed E-state index contributed by atoms with van der Waals surface area (Å²) in [6, 6.07) is 5.13. The van der Waals surface area contributed by atoms with E-state index >= 15 is 0 Å². The maximum Gasteiger partial charge on any atom is 0.444 e. The van der Waals surface area contributed by atoms with E-state index < -0.39 is 17.0 Å². The lowest BCUT2D eigenvalue weighted by Gasteiger charge is -2.53. The van der Waals surface area contributed by atoms with Crippen LogP contribution in [0.5, 0.6) is 5.75 Å². The molecule has 5 rings (SSSR count). The van der Waals surface area contributed by atoms with Crippen molar-refractivity contribution in [1.82, 2.24) is 5.32 Å². The molecule has 0 aromatic heterocycles. The van der Waals surface area contributed by atoms with Crippen molar-refractivity contribution in [1.29, 1.82) is 0 Å². The van der Waals surface area contributed by atoms with E-state index in [0.29, 0.717) is 10.6 Å². The third-order valence-electron chi connectivity index (χ3n) is 12.2. The first-order valence-electron chi connectivity index (χ1n) is 19.6. The second kappa shape index (κ2) is 20.7. The van der Waals surface area contributed by atoms with Gasteiger partial charge in [-0.25, -0.2) is 9.74 Å². The Balaban J connectivity index is 0.000000234. The number of halogens is 1. The van der Waals surface area contributed by atoms with Crippen molar-refractivity contribution < 1.29 is 38.2 Å². The van der Waals surface area contributed by atoms with Gasteiger partial charge in [-0.05, 0) is 105 Å². The topological polar surface area (TPSA) is 126 Å². The first-order chi connectivity index (χ1) is 25.0. The number of nitrogens with one attached hydrogen (secondary N) is 1. The second-order valence-electron chi connectivity index (χ2n) is 16.0. The minimum absolute atomic E-state index is 0.000877. The summed E-state index contributed by atoms with van der Waals surface area (Å²) < 4.78 is 26.5. The van der Waals surface area contributed by atoms with Gasteiger partial charge in [0.1, 0.15) is 5.75 Å². The zero-order valence-corrected chi connectivity index (χ0v) is 32.8. The lowest BCUT2D eigenvalue weighted by atomic mass is 9.59. The van der Waals surface area contributed by atoms with Crippen molar-refractivity contribution >= 4 is 26.3 Å². The third-order valence-corrected chi connectivity index (χ3v) is 14.1. The molecule has 3 fully saturated rings. The highest BCUT2D eigenvalue weighted by molar-refractivity contribution is 7.40. The van der Waals surface area contributed by atoms with Gasteiger partial charge in [-0.3, -0.25) is 14.9 Å². The molecule has 5 unspecified atom stereocenters. The van der Waals surface area contributed by atoms with Crippen LogP contribution in [-0.2, 0) is 19.2 Å². The Hall–Kier alpha value is -2.62. The largest absolute Gasteiger partial charge is 0.444 e. The number of allylic oxidation sites excluding steroid dienone is 2. The number of rotatable bonds is 16. The molecule has 1 aromatic rings. The summed E-state index contributed by atoms with van der Waals surface area (Å²) in [6.07, 6.45) is 21.1. The molecule has 1 spiro atoms. The molecule has 1 aromatic carbocycles. The van der Waals surface area contributed by atoms with Crippen LogP contribution in [0.2, 0.25) is 0 Å². The molecule has 3 aliphatic carbocycles. The molecule has 4 aliphatic rings. The number of non-ortho nitro benzene ring substituents is 1. The average molecular weight is 749 g/mol. The molecule has 2 bridgehead atoms. The summed E-state index contributed by atoms with van der Waals surface area (Å²) in [5.74, 6) is 4.53. The highest BCUT2D eigenvalue weighted by atomic mass is 31.1. The highest BCUT2D eigenvalue weighted by Gasteiger charge is 2.54. The number of esters is 1. The fourth-order valence-corrected chi connectivity index (χ4v) is 12.0. The number of hydrogen-bond acceptors (Lipinski definition) is 8. The zero-order chi connectivity index (χ0) is 37.6. The van der Waals surface area contributed by atoms with Crippen molar-refractivity contribution in [3.63, 3.8) is 0 Å². The first-order valence-corrected chi connectivity index (χ1v) is 20.8. The SMILES string of the molecule is CC(C)CCCC(C)C1CCC2C3CC=C4CCCC[C@@]4(C3)PCC[C@]12C.O=C(CCOCCOCCNC(=O)OF)Oc1ccc([N+](=O)[O-])cc1. The van der Waals surface area contributed by atoms with E-state index in [1.54, 1.807) is 19.3 Å². The molecule has 1 heterocycles. The average Bonchev–Trinajstić information content (AvgIpc) is 3.46. The predicted octanol–water partition coefficient (Wildman–Crippen LogP) is 9.75. The smallest absolute Gasteiger partial charge is 0.426 e. The minimum Gasteiger partial charge on any atom is -0.426 e. The molecule has 2 saturated carbocycles. The van der Waals surface area contributed by atoms with Crippen LogP contribution in [0.25, 0.3) is 0 Å². The fourth-order valence-electron chi connectivity index (χ4n) is 9.62. The summed E-state index contributed by atoms with van der Waals surface area (Å²) in [6.45, 7) is 10.9. The molecular weight excluding hydrogens is 686 g/mol. The maximum absolute atomic E-state index is 11.5. The fraction of sp³-hybridized carbons (Fsp3) is 0.750. The van der Waals surface area contributed by atoms with E-state index in [2.05, 4.69) is 44.0 Å². The summed E-state index contributed by atoms with van der Waals surface area (Å²) in [5, 5.41) is 13.3. The van der Waals surface area contributed by atoms with Gasteiger partial charge in [0.15, 0.2) is 0 Å². The van der Waals surface area contributed by atoms with Crippen LogP contribution >= 0.6 is 8.58 Å². The van der Waals surface area contributed by atoms with Gasteiger partial charge in [0, 0.05) is 28.4 Å². The number of fused-ring (bicyclic) bond motifs is 3. The molecule has 1 saturated heterocycles. The van der Waals surface area contributed by atoms with Gasteiger partial charge >= 0.3 is 12.1 Å². The lowest BCUT2D eigenvalue weighted by molar-refractivity contribution is -0.384. The van der Waals surface area contributed by atoms with Gasteiger partial charge in [0.2, 0.25) is 0 Å². The number of carbonyl (C=O) groups is 2. The molecule has 1 aliphatic heterocycles. The molecule has 0 radical (unpaired) electrons. The Morgan fingerprint density at radius 1 is 1.04 bits per heavy atom. The Kier molecular flexibility index (Phi) is 16.8. The molecular formula is C40H62FN2O8P. The van der Waals surface area contributed by atoms with Crippen molar-refractivity contribution in [2.45, 2.75) is 116 Å². The normalized spacial score (nSPS) is 27.5. The van der Waals surface area contributed by atoms with Crippen LogP contribution in [-0.4, -0.2) is 61.3 Å². The monoisotopic (exact) mass is 748 g/mol. The van der Waals surface area contributed by atoms with Crippen LogP contribution in [0.3, 0.4) is 0 Å². The van der Waals surface area contributed by atoms with E-state index in [-0.39, 0.29) is 50.8 Å². The standard InChI is InChI=1S/C26H45P.C14H17FN2O8/c1-19(2)8-7-9-20(3)23-13-14-24-21-11-12-22-10-5-6-15-26(22,18-21)27-17-16-25(23,24)4;15-25-14(19)16-6-8-23-10-9-22-7-5-13(18)24-12-3-1-11(2-4-12)17(20)21/h12,19-21,23-24,27H,5-11,13-18H2,1-4H3;1-4H,5-10H2,(H,16,19)/t20?,21?,23?,24?,25-,26+;/m1./s1. The summed E-state index contributed by atoms with van der Waals surface area (Å²) in [7, 11) is 1.23. The van der Waals surface area contributed by atoms with Gasteiger partial charge in [-0.1, -0.05) is 65.0 Å². The second-order valence-corrected chi connectivity index (χ2v) is 17.8. The van der Waals surface area contributed by atoms with Gasteiger partial charge in [0.05, 0.1) is 37.8 Å². The van der Waals surface area contributed by atoms with Gasteiger partial charge in [-0.15, -0.1) is 8.58 Å². The summed E-state index contributed by atoms with van der Waals surface area (Å²) in [5.41, 5.74) is 2.47. The third kappa shape index (κ3) is 11.9. The van der Waals surface area contributed by atoms with Gasteiger partial charge < -0.3 is 19.5 Å². The number of nitro benzene ring substituents is 1. The van der Waals surface area contributed by atoms with Crippen LogP contribution in [0.1, 0.15) is 111 Å². The van der Waals surface area contributed by atoms with Crippen LogP contribution in [0.15, 0.2) is 35.9 Å². The zero-order valence-electron chi connectivity index (χ0n) is 31.8. The Morgan fingerprint density at radius 2 is 1.79 bits per heavy atom. The molecule has 1 amide bonds. The van der Waals surface area contributed by atoms with Crippen molar-refractivity contribution in [3.8, 4) is 5.75 Å². The van der Waals surface area contributed by atoms with Gasteiger partial charge in [0.25, 0.3) is 5.69 Å². The number of nitro groups is 1. The minimum atomic E-state index is -1.19. The Morgan fingerprint density at radius 3 is 2.50 bits per heavy atom. The van der Waals surface area contributed by atoms with Crippen molar-refractivity contribution in [2.24, 2.45) is 35.0 Å². The number of carbonyl (C=O) groups excluding carboxylic acids is 2. The Labute approximate surface area is 311 Å². The number of ether oxygens (including phenoxy) is 3. The number of benzene rings is 1. The Bertz CT molecular complexity index is 1330. The number of amides is 1. The van der Waals surface area contributed by atoms with E-state index in [9.17, 15) is 24.2 Å². The first kappa shape index (κ1) is 42.1. The molecule has 52 heavy (non-hydrogen) atoms. The van der Waals surface area contributed by atoms with Crippen LogP contribution in [0, 0.1) is 45.1 Å². The lowest BCUT2D eigenvalue weighted by Crippen LogP contribution is -2.44. The molecule has 1 N–H and O–H groups in total. The predicted molar refractivity (Wildman–Crippen MR) is 203 cm³/mol. The quantitative estimate of drug-likeness (QED) is 0.0337. The number of nitrogens with zero attached hydrogens (tertiary/aromatic N) is 1. The molecule has 292 valence electrons. The molecule has 12 heteroatoms.